The summed E-state index contributed by atoms with van der Waals surface area (Å²) in [5.74, 6) is -0.979. The molecule has 0 amide bonds. The van der Waals surface area contributed by atoms with E-state index in [9.17, 15) is 9.59 Å². The molecule has 0 rings (SSSR count). The summed E-state index contributed by atoms with van der Waals surface area (Å²) in [4.78, 5) is 21.1. The van der Waals surface area contributed by atoms with Crippen molar-refractivity contribution >= 4 is 11.9 Å². The van der Waals surface area contributed by atoms with Crippen molar-refractivity contribution in [2.75, 3.05) is 13.2 Å². The van der Waals surface area contributed by atoms with E-state index in [0.717, 1.165) is 6.08 Å². The van der Waals surface area contributed by atoms with Crippen LogP contribution in [0.3, 0.4) is 0 Å². The lowest BCUT2D eigenvalue weighted by atomic mass is 10.4. The Kier molecular flexibility index (Phi) is 5.34. The molecule has 0 unspecified atom stereocenters. The van der Waals surface area contributed by atoms with Gasteiger partial charge in [0.15, 0.2) is 0 Å². The highest BCUT2D eigenvalue weighted by molar-refractivity contribution is 5.82. The zero-order valence-electron chi connectivity index (χ0n) is 7.70. The van der Waals surface area contributed by atoms with Crippen LogP contribution in [-0.2, 0) is 19.1 Å². The molecular weight excluding hydrogens is 174 g/mol. The number of nitrogens with two attached hydrogens (primary N) is 1. The van der Waals surface area contributed by atoms with Gasteiger partial charge in [0.25, 0.3) is 0 Å². The van der Waals surface area contributed by atoms with E-state index >= 15 is 0 Å². The molecule has 13 heavy (non-hydrogen) atoms. The van der Waals surface area contributed by atoms with Gasteiger partial charge in [0.2, 0.25) is 0 Å². The Bertz CT molecular complexity index is 222. The van der Waals surface area contributed by atoms with E-state index in [-0.39, 0.29) is 18.9 Å². The van der Waals surface area contributed by atoms with Crippen LogP contribution in [0.1, 0.15) is 13.8 Å². The van der Waals surface area contributed by atoms with E-state index in [0.29, 0.717) is 0 Å². The molecule has 5 nitrogen and oxygen atoms in total. The van der Waals surface area contributed by atoms with Crippen molar-refractivity contribution in [2.24, 2.45) is 5.73 Å². The zero-order chi connectivity index (χ0) is 10.3. The molecule has 0 aromatic rings. The molecule has 0 bridgehead atoms. The van der Waals surface area contributed by atoms with Gasteiger partial charge in [-0.1, -0.05) is 0 Å². The zero-order valence-corrected chi connectivity index (χ0v) is 7.70. The quantitative estimate of drug-likeness (QED) is 0.493. The van der Waals surface area contributed by atoms with Crippen LogP contribution < -0.4 is 5.73 Å². The summed E-state index contributed by atoms with van der Waals surface area (Å²) >= 11 is 0. The average Bonchev–Trinajstić information content (AvgIpc) is 2.01. The molecule has 0 spiro atoms. The predicted octanol–water partition coefficient (Wildman–Crippen LogP) is -0.0448. The minimum absolute atomic E-state index is 0.0891. The van der Waals surface area contributed by atoms with Gasteiger partial charge in [-0.25, -0.2) is 4.79 Å². The van der Waals surface area contributed by atoms with E-state index in [1.807, 2.05) is 0 Å². The summed E-state index contributed by atoms with van der Waals surface area (Å²) in [6.45, 7) is 3.15. The lowest BCUT2D eigenvalue weighted by molar-refractivity contribution is -0.141. The topological polar surface area (TPSA) is 78.6 Å². The monoisotopic (exact) mass is 187 g/mol. The van der Waals surface area contributed by atoms with E-state index in [1.165, 1.54) is 6.92 Å². The van der Waals surface area contributed by atoms with Crippen molar-refractivity contribution in [1.82, 2.24) is 0 Å². The molecule has 0 saturated heterocycles. The molecule has 0 aliphatic carbocycles. The number of esters is 2. The highest BCUT2D eigenvalue weighted by Gasteiger charge is 2.00. The lowest BCUT2D eigenvalue weighted by Gasteiger charge is -2.01. The Morgan fingerprint density at radius 2 is 2.00 bits per heavy atom. The Hall–Kier alpha value is -1.52. The molecule has 5 heteroatoms. The van der Waals surface area contributed by atoms with Crippen LogP contribution in [0.4, 0.5) is 0 Å². The van der Waals surface area contributed by atoms with Crippen LogP contribution >= 0.6 is 0 Å². The fourth-order valence-electron chi connectivity index (χ4n) is 0.562. The Balaban J connectivity index is 3.87. The SMILES string of the molecule is CCOC(=O)/C=C(/N)COC(C)=O. The molecule has 0 aromatic heterocycles. The first-order valence-electron chi connectivity index (χ1n) is 3.82. The van der Waals surface area contributed by atoms with Crippen LogP contribution in [0.15, 0.2) is 11.8 Å². The maximum atomic E-state index is 10.8. The van der Waals surface area contributed by atoms with E-state index in [4.69, 9.17) is 5.73 Å². The molecule has 74 valence electrons. The van der Waals surface area contributed by atoms with Crippen LogP contribution in [-0.4, -0.2) is 25.2 Å². The van der Waals surface area contributed by atoms with Crippen molar-refractivity contribution in [3.8, 4) is 0 Å². The van der Waals surface area contributed by atoms with Gasteiger partial charge >= 0.3 is 11.9 Å². The van der Waals surface area contributed by atoms with Gasteiger partial charge in [-0.2, -0.15) is 0 Å². The summed E-state index contributed by atoms with van der Waals surface area (Å²) in [5.41, 5.74) is 5.50. The third kappa shape index (κ3) is 6.86. The molecule has 0 aliphatic rings. The Labute approximate surface area is 76.5 Å². The van der Waals surface area contributed by atoms with E-state index in [2.05, 4.69) is 9.47 Å². The van der Waals surface area contributed by atoms with Crippen LogP contribution in [0.5, 0.6) is 0 Å². The van der Waals surface area contributed by atoms with Gasteiger partial charge in [0.1, 0.15) is 6.61 Å². The van der Waals surface area contributed by atoms with Crippen molar-refractivity contribution in [3.63, 3.8) is 0 Å². The highest BCUT2D eigenvalue weighted by atomic mass is 16.5. The summed E-state index contributed by atoms with van der Waals surface area (Å²) in [5, 5.41) is 0. The third-order valence-corrected chi connectivity index (χ3v) is 1.03. The van der Waals surface area contributed by atoms with Crippen molar-refractivity contribution in [1.29, 1.82) is 0 Å². The first kappa shape index (κ1) is 11.5. The van der Waals surface area contributed by atoms with Gasteiger partial charge in [-0.15, -0.1) is 0 Å². The van der Waals surface area contributed by atoms with Crippen LogP contribution in [0, 0.1) is 0 Å². The summed E-state index contributed by atoms with van der Waals surface area (Å²) in [6.07, 6.45) is 1.09. The molecule has 0 atom stereocenters. The maximum absolute atomic E-state index is 10.8. The average molecular weight is 187 g/mol. The van der Waals surface area contributed by atoms with Crippen LogP contribution in [0.25, 0.3) is 0 Å². The number of hydrogen-bond donors (Lipinski definition) is 1. The van der Waals surface area contributed by atoms with E-state index < -0.39 is 11.9 Å². The standard InChI is InChI=1S/C8H13NO4/c1-3-12-8(11)4-7(9)5-13-6(2)10/h4H,3,5,9H2,1-2H3/b7-4+. The van der Waals surface area contributed by atoms with Gasteiger partial charge in [-0.05, 0) is 6.92 Å². The second kappa shape index (κ2) is 6.05. The van der Waals surface area contributed by atoms with Gasteiger partial charge in [0.05, 0.1) is 12.3 Å². The Morgan fingerprint density at radius 1 is 1.38 bits per heavy atom. The van der Waals surface area contributed by atoms with Gasteiger partial charge in [0, 0.05) is 13.0 Å². The highest BCUT2D eigenvalue weighted by Crippen LogP contribution is 1.89. The van der Waals surface area contributed by atoms with Crippen molar-refractivity contribution < 1.29 is 19.1 Å². The third-order valence-electron chi connectivity index (χ3n) is 1.03. The maximum Gasteiger partial charge on any atom is 0.332 e. The van der Waals surface area contributed by atoms with Gasteiger partial charge in [-0.3, -0.25) is 4.79 Å². The second-order valence-corrected chi connectivity index (χ2v) is 2.25. The first-order chi connectivity index (χ1) is 6.06. The smallest absolute Gasteiger partial charge is 0.332 e. The minimum atomic E-state index is -0.535. The van der Waals surface area contributed by atoms with E-state index in [1.54, 1.807) is 6.92 Å². The van der Waals surface area contributed by atoms with Crippen molar-refractivity contribution in [3.05, 3.63) is 11.8 Å². The number of ether oxygens (including phenoxy) is 2. The van der Waals surface area contributed by atoms with Crippen molar-refractivity contribution in [2.45, 2.75) is 13.8 Å². The number of rotatable bonds is 4. The second-order valence-electron chi connectivity index (χ2n) is 2.25. The first-order valence-corrected chi connectivity index (χ1v) is 3.82. The molecular formula is C8H13NO4. The normalized spacial score (nSPS) is 10.8. The Morgan fingerprint density at radius 3 is 2.46 bits per heavy atom. The summed E-state index contributed by atoms with van der Waals surface area (Å²) in [6, 6.07) is 0. The van der Waals surface area contributed by atoms with Crippen LogP contribution in [0.2, 0.25) is 0 Å². The summed E-state index contributed by atoms with van der Waals surface area (Å²) in [7, 11) is 0. The number of carbonyl (C=O) groups excluding carboxylic acids is 2. The molecule has 0 fully saturated rings. The number of carbonyl (C=O) groups is 2. The molecule has 0 aliphatic heterocycles. The molecule has 0 saturated carbocycles. The fourth-order valence-corrected chi connectivity index (χ4v) is 0.562. The largest absolute Gasteiger partial charge is 0.463 e. The fraction of sp³-hybridized carbons (Fsp3) is 0.500. The molecule has 0 aromatic carbocycles. The van der Waals surface area contributed by atoms with Gasteiger partial charge < -0.3 is 15.2 Å². The molecule has 0 radical (unpaired) electrons. The molecule has 2 N–H and O–H groups in total. The lowest BCUT2D eigenvalue weighted by Crippen LogP contribution is -2.12. The number of hydrogen-bond acceptors (Lipinski definition) is 5. The predicted molar refractivity (Wildman–Crippen MR) is 45.5 cm³/mol. The summed E-state index contributed by atoms with van der Waals surface area (Å²) < 4.78 is 9.13. The minimum Gasteiger partial charge on any atom is -0.463 e. The molecule has 0 heterocycles.